The lowest BCUT2D eigenvalue weighted by atomic mass is 10.0. The first-order chi connectivity index (χ1) is 17.6. The van der Waals surface area contributed by atoms with Gasteiger partial charge in [0.1, 0.15) is 17.2 Å². The van der Waals surface area contributed by atoms with Crippen molar-refractivity contribution in [1.82, 2.24) is 30.1 Å². The average molecular weight is 478 g/mol. The van der Waals surface area contributed by atoms with E-state index in [1.165, 1.54) is 12.1 Å². The summed E-state index contributed by atoms with van der Waals surface area (Å²) in [6.45, 7) is 1.79. The Bertz CT molecular complexity index is 1750. The average Bonchev–Trinajstić information content (AvgIpc) is 3.52. The van der Waals surface area contributed by atoms with Crippen molar-refractivity contribution in [2.75, 3.05) is 5.32 Å². The second kappa shape index (κ2) is 8.70. The molecule has 0 spiro atoms. The lowest BCUT2D eigenvalue weighted by Crippen LogP contribution is -2.09. The molecule has 9 heteroatoms. The van der Waals surface area contributed by atoms with Gasteiger partial charge < -0.3 is 10.3 Å². The minimum atomic E-state index is -0.292. The standard InChI is InChI=1S/C27H20FN7O/c1-2-25(36)32-18-9-16(12-29-13-18)22-11-21-24(14-31-22)34-35-26(21)23-10-20-19(6-7-30-27(20)33-23)15-4-3-5-17(28)8-15/h3-14H,2H2,1H3,(H,30,33)(H,32,36)(H,34,35). The number of aromatic amines is 2. The van der Waals surface area contributed by atoms with Gasteiger partial charge in [0.25, 0.3) is 0 Å². The molecule has 6 aromatic rings. The highest BCUT2D eigenvalue weighted by Gasteiger charge is 2.16. The number of nitrogens with one attached hydrogen (secondary N) is 3. The van der Waals surface area contributed by atoms with Crippen LogP contribution in [0, 0.1) is 5.82 Å². The predicted octanol–water partition coefficient (Wildman–Crippen LogP) is 5.72. The van der Waals surface area contributed by atoms with Gasteiger partial charge in [-0.15, -0.1) is 0 Å². The van der Waals surface area contributed by atoms with Crippen molar-refractivity contribution in [3.63, 3.8) is 0 Å². The molecule has 0 saturated carbocycles. The number of anilines is 1. The highest BCUT2D eigenvalue weighted by atomic mass is 19.1. The van der Waals surface area contributed by atoms with Gasteiger partial charge in [-0.3, -0.25) is 19.9 Å². The highest BCUT2D eigenvalue weighted by molar-refractivity contribution is 6.00. The molecular formula is C27H20FN7O. The Morgan fingerprint density at radius 2 is 1.92 bits per heavy atom. The van der Waals surface area contributed by atoms with Crippen molar-refractivity contribution in [1.29, 1.82) is 0 Å². The number of fused-ring (bicyclic) bond motifs is 2. The molecule has 8 nitrogen and oxygen atoms in total. The van der Waals surface area contributed by atoms with Gasteiger partial charge in [0.15, 0.2) is 0 Å². The summed E-state index contributed by atoms with van der Waals surface area (Å²) < 4.78 is 13.9. The summed E-state index contributed by atoms with van der Waals surface area (Å²) in [5, 5.41) is 12.1. The van der Waals surface area contributed by atoms with E-state index in [9.17, 15) is 9.18 Å². The van der Waals surface area contributed by atoms with E-state index in [-0.39, 0.29) is 11.7 Å². The van der Waals surface area contributed by atoms with Gasteiger partial charge >= 0.3 is 0 Å². The molecule has 1 amide bonds. The second-order valence-electron chi connectivity index (χ2n) is 8.37. The van der Waals surface area contributed by atoms with Crippen LogP contribution >= 0.6 is 0 Å². The van der Waals surface area contributed by atoms with E-state index in [1.807, 2.05) is 30.3 Å². The van der Waals surface area contributed by atoms with Crippen LogP contribution in [0.4, 0.5) is 10.1 Å². The molecule has 0 bridgehead atoms. The third-order valence-electron chi connectivity index (χ3n) is 6.01. The molecule has 176 valence electrons. The van der Waals surface area contributed by atoms with E-state index in [0.717, 1.165) is 38.7 Å². The minimum Gasteiger partial charge on any atom is -0.338 e. The number of amides is 1. The van der Waals surface area contributed by atoms with Crippen LogP contribution in [-0.2, 0) is 4.79 Å². The van der Waals surface area contributed by atoms with E-state index in [0.29, 0.717) is 29.1 Å². The molecule has 0 atom stereocenters. The fourth-order valence-electron chi connectivity index (χ4n) is 4.24. The van der Waals surface area contributed by atoms with Crippen molar-refractivity contribution in [3.8, 4) is 33.8 Å². The molecule has 3 N–H and O–H groups in total. The van der Waals surface area contributed by atoms with Crippen molar-refractivity contribution in [3.05, 3.63) is 79.1 Å². The first-order valence-electron chi connectivity index (χ1n) is 11.4. The van der Waals surface area contributed by atoms with Gasteiger partial charge in [0.05, 0.1) is 35.0 Å². The summed E-state index contributed by atoms with van der Waals surface area (Å²) in [6.07, 6.45) is 7.11. The minimum absolute atomic E-state index is 0.0838. The third kappa shape index (κ3) is 3.86. The lowest BCUT2D eigenvalue weighted by molar-refractivity contribution is -0.115. The van der Waals surface area contributed by atoms with Crippen LogP contribution < -0.4 is 5.32 Å². The topological polar surface area (TPSA) is 112 Å². The molecule has 5 heterocycles. The molecule has 0 fully saturated rings. The summed E-state index contributed by atoms with van der Waals surface area (Å²) in [5.74, 6) is -0.376. The molecule has 36 heavy (non-hydrogen) atoms. The van der Waals surface area contributed by atoms with Crippen LogP contribution in [0.2, 0.25) is 0 Å². The van der Waals surface area contributed by atoms with Crippen LogP contribution in [-0.4, -0.2) is 36.0 Å². The van der Waals surface area contributed by atoms with E-state index in [1.54, 1.807) is 37.8 Å². The molecule has 0 saturated heterocycles. The first kappa shape index (κ1) is 21.6. The van der Waals surface area contributed by atoms with Gasteiger partial charge in [-0.05, 0) is 47.5 Å². The monoisotopic (exact) mass is 477 g/mol. The fourth-order valence-corrected chi connectivity index (χ4v) is 4.24. The second-order valence-corrected chi connectivity index (χ2v) is 8.37. The number of H-pyrrole nitrogens is 2. The Morgan fingerprint density at radius 3 is 2.78 bits per heavy atom. The van der Waals surface area contributed by atoms with Crippen molar-refractivity contribution in [2.24, 2.45) is 0 Å². The van der Waals surface area contributed by atoms with Gasteiger partial charge in [-0.25, -0.2) is 9.37 Å². The summed E-state index contributed by atoms with van der Waals surface area (Å²) in [4.78, 5) is 28.4. The Balaban J connectivity index is 1.43. The maximum absolute atomic E-state index is 13.9. The number of pyridine rings is 3. The molecular weight excluding hydrogens is 457 g/mol. The van der Waals surface area contributed by atoms with E-state index in [2.05, 4.69) is 35.5 Å². The van der Waals surface area contributed by atoms with Gasteiger partial charge in [0, 0.05) is 35.2 Å². The van der Waals surface area contributed by atoms with Crippen LogP contribution in [0.1, 0.15) is 13.3 Å². The van der Waals surface area contributed by atoms with E-state index < -0.39 is 0 Å². The molecule has 6 rings (SSSR count). The largest absolute Gasteiger partial charge is 0.338 e. The summed E-state index contributed by atoms with van der Waals surface area (Å²) in [5.41, 5.74) is 6.65. The zero-order chi connectivity index (χ0) is 24.6. The number of benzene rings is 1. The predicted molar refractivity (Wildman–Crippen MR) is 137 cm³/mol. The van der Waals surface area contributed by atoms with E-state index in [4.69, 9.17) is 0 Å². The van der Waals surface area contributed by atoms with Crippen LogP contribution in [0.5, 0.6) is 0 Å². The summed E-state index contributed by atoms with van der Waals surface area (Å²) in [7, 11) is 0. The maximum atomic E-state index is 13.9. The number of halogens is 1. The molecule has 5 aromatic heterocycles. The van der Waals surface area contributed by atoms with Gasteiger partial charge in [-0.2, -0.15) is 5.10 Å². The number of aromatic nitrogens is 6. The van der Waals surface area contributed by atoms with Crippen LogP contribution in [0.15, 0.2) is 73.3 Å². The number of nitrogens with zero attached hydrogens (tertiary/aromatic N) is 4. The van der Waals surface area contributed by atoms with Crippen LogP contribution in [0.3, 0.4) is 0 Å². The van der Waals surface area contributed by atoms with Crippen molar-refractivity contribution in [2.45, 2.75) is 13.3 Å². The third-order valence-corrected chi connectivity index (χ3v) is 6.01. The molecule has 0 unspecified atom stereocenters. The fraction of sp³-hybridized carbons (Fsp3) is 0.0741. The Hall–Kier alpha value is -4.92. The summed E-state index contributed by atoms with van der Waals surface area (Å²) in [6, 6.07) is 14.1. The molecule has 0 aliphatic heterocycles. The highest BCUT2D eigenvalue weighted by Crippen LogP contribution is 2.34. The Labute approximate surface area is 204 Å². The lowest BCUT2D eigenvalue weighted by Gasteiger charge is -2.06. The quantitative estimate of drug-likeness (QED) is 0.294. The number of carbonyl (C=O) groups excluding carboxylic acids is 1. The number of hydrogen-bond donors (Lipinski definition) is 3. The Morgan fingerprint density at radius 1 is 1.00 bits per heavy atom. The first-order valence-corrected chi connectivity index (χ1v) is 11.4. The Kier molecular flexibility index (Phi) is 5.22. The smallest absolute Gasteiger partial charge is 0.224 e. The SMILES string of the molecule is CCC(=O)Nc1cncc(-c2cc3c(-c4cc5c(-c6cccc(F)c6)ccnc5[nH]4)n[nH]c3cn2)c1. The maximum Gasteiger partial charge on any atom is 0.224 e. The normalized spacial score (nSPS) is 11.3. The van der Waals surface area contributed by atoms with E-state index >= 15 is 0 Å². The number of hydrogen-bond acceptors (Lipinski definition) is 5. The summed E-state index contributed by atoms with van der Waals surface area (Å²) >= 11 is 0. The zero-order valence-electron chi connectivity index (χ0n) is 19.2. The molecule has 1 aromatic carbocycles. The van der Waals surface area contributed by atoms with Gasteiger partial charge in [0.2, 0.25) is 5.91 Å². The van der Waals surface area contributed by atoms with Crippen molar-refractivity contribution >= 4 is 33.5 Å². The van der Waals surface area contributed by atoms with Crippen molar-refractivity contribution < 1.29 is 9.18 Å². The molecule has 0 aliphatic rings. The van der Waals surface area contributed by atoms with Crippen LogP contribution in [0.25, 0.3) is 55.7 Å². The zero-order valence-corrected chi connectivity index (χ0v) is 19.2. The molecule has 0 aliphatic carbocycles. The molecule has 0 radical (unpaired) electrons. The number of carbonyl (C=O) groups is 1. The van der Waals surface area contributed by atoms with Gasteiger partial charge in [-0.1, -0.05) is 19.1 Å². The number of rotatable bonds is 5.